The van der Waals surface area contributed by atoms with E-state index in [1.807, 2.05) is 35.2 Å². The smallest absolute Gasteiger partial charge is 0.317 e. The number of nitrogens with one attached hydrogen (secondary N) is 1. The zero-order chi connectivity index (χ0) is 19.1. The van der Waals surface area contributed by atoms with Gasteiger partial charge in [0.2, 0.25) is 0 Å². The fourth-order valence-electron chi connectivity index (χ4n) is 2.91. The fraction of sp³-hybridized carbons (Fsp3) is 0.350. The molecule has 0 spiro atoms. The molecule has 0 radical (unpaired) electrons. The molecule has 7 heteroatoms. The Kier molecular flexibility index (Phi) is 6.25. The monoisotopic (exact) mass is 366 g/mol. The molecule has 0 aliphatic carbocycles. The van der Waals surface area contributed by atoms with Gasteiger partial charge in [-0.15, -0.1) is 0 Å². The van der Waals surface area contributed by atoms with E-state index in [0.29, 0.717) is 13.1 Å². The van der Waals surface area contributed by atoms with Gasteiger partial charge >= 0.3 is 6.03 Å². The molecule has 2 amide bonds. The van der Waals surface area contributed by atoms with E-state index in [4.69, 9.17) is 0 Å². The molecule has 3 rings (SSSR count). The second-order valence-electron chi connectivity index (χ2n) is 6.63. The fourth-order valence-corrected chi connectivity index (χ4v) is 2.91. The van der Waals surface area contributed by atoms with Crippen LogP contribution in [0.5, 0.6) is 0 Å². The third-order valence-corrected chi connectivity index (χ3v) is 4.53. The van der Waals surface area contributed by atoms with Crippen molar-refractivity contribution in [2.45, 2.75) is 39.0 Å². The van der Waals surface area contributed by atoms with Crippen LogP contribution in [0.25, 0.3) is 0 Å². The predicted molar refractivity (Wildman–Crippen MR) is 104 cm³/mol. The number of nitrogens with zero attached hydrogens (tertiary/aromatic N) is 5. The van der Waals surface area contributed by atoms with E-state index in [1.165, 1.54) is 5.56 Å². The number of benzene rings is 1. The number of imidazole rings is 2. The summed E-state index contributed by atoms with van der Waals surface area (Å²) >= 11 is 0. The molecule has 2 aromatic heterocycles. The van der Waals surface area contributed by atoms with E-state index in [-0.39, 0.29) is 12.1 Å². The first kappa shape index (κ1) is 18.7. The summed E-state index contributed by atoms with van der Waals surface area (Å²) in [7, 11) is 1.79. The molecule has 7 nitrogen and oxygen atoms in total. The Bertz CT molecular complexity index is 827. The van der Waals surface area contributed by atoms with Crippen LogP contribution in [0.4, 0.5) is 4.79 Å². The molecule has 0 bridgehead atoms. The summed E-state index contributed by atoms with van der Waals surface area (Å²) in [4.78, 5) is 22.7. The first-order chi connectivity index (χ1) is 13.2. The lowest BCUT2D eigenvalue weighted by Gasteiger charge is -2.23. The van der Waals surface area contributed by atoms with E-state index in [0.717, 1.165) is 18.8 Å². The van der Waals surface area contributed by atoms with Gasteiger partial charge in [0.25, 0.3) is 0 Å². The topological polar surface area (TPSA) is 68.0 Å². The van der Waals surface area contributed by atoms with E-state index in [9.17, 15) is 4.79 Å². The summed E-state index contributed by atoms with van der Waals surface area (Å²) in [6.45, 7) is 3.96. The standard InChI is InChI=1S/C20H26N6O/c1-3-18(14-25-11-9-21-16-25)23-20(27)24(2)15-19-22-10-12-26(19)13-17-7-5-4-6-8-17/h4-12,16,18H,3,13-15H2,1-2H3,(H,23,27)/t18-/m0/s1. The highest BCUT2D eigenvalue weighted by atomic mass is 16.2. The largest absolute Gasteiger partial charge is 0.335 e. The van der Waals surface area contributed by atoms with Gasteiger partial charge in [-0.25, -0.2) is 14.8 Å². The van der Waals surface area contributed by atoms with Gasteiger partial charge < -0.3 is 19.4 Å². The molecule has 27 heavy (non-hydrogen) atoms. The lowest BCUT2D eigenvalue weighted by atomic mass is 10.2. The van der Waals surface area contributed by atoms with Crippen molar-refractivity contribution in [1.29, 1.82) is 0 Å². The molecule has 0 saturated heterocycles. The number of amides is 2. The normalized spacial score (nSPS) is 11.9. The summed E-state index contributed by atoms with van der Waals surface area (Å²) in [6, 6.07) is 10.2. The van der Waals surface area contributed by atoms with Crippen molar-refractivity contribution in [1.82, 2.24) is 29.3 Å². The lowest BCUT2D eigenvalue weighted by Crippen LogP contribution is -2.44. The predicted octanol–water partition coefficient (Wildman–Crippen LogP) is 2.75. The van der Waals surface area contributed by atoms with Crippen molar-refractivity contribution in [3.63, 3.8) is 0 Å². The minimum atomic E-state index is -0.101. The maximum absolute atomic E-state index is 12.6. The number of hydrogen-bond donors (Lipinski definition) is 1. The highest BCUT2D eigenvalue weighted by molar-refractivity contribution is 5.74. The van der Waals surface area contributed by atoms with Crippen molar-refractivity contribution in [2.75, 3.05) is 7.05 Å². The molecule has 0 unspecified atom stereocenters. The van der Waals surface area contributed by atoms with Crippen LogP contribution in [0.3, 0.4) is 0 Å². The van der Waals surface area contributed by atoms with E-state index >= 15 is 0 Å². The van der Waals surface area contributed by atoms with Crippen LogP contribution >= 0.6 is 0 Å². The van der Waals surface area contributed by atoms with Crippen LogP contribution in [0, 0.1) is 0 Å². The Hall–Kier alpha value is -3.09. The van der Waals surface area contributed by atoms with Gasteiger partial charge in [-0.3, -0.25) is 0 Å². The number of urea groups is 1. The molecule has 0 aliphatic heterocycles. The Balaban J connectivity index is 1.57. The highest BCUT2D eigenvalue weighted by Crippen LogP contribution is 2.08. The van der Waals surface area contributed by atoms with Crippen LogP contribution in [-0.4, -0.2) is 43.1 Å². The maximum Gasteiger partial charge on any atom is 0.317 e. The first-order valence-electron chi connectivity index (χ1n) is 9.17. The number of carbonyl (C=O) groups excluding carboxylic acids is 1. The third kappa shape index (κ3) is 5.20. The van der Waals surface area contributed by atoms with E-state index < -0.39 is 0 Å². The first-order valence-corrected chi connectivity index (χ1v) is 9.17. The van der Waals surface area contributed by atoms with Gasteiger partial charge in [-0.2, -0.15) is 0 Å². The highest BCUT2D eigenvalue weighted by Gasteiger charge is 2.16. The summed E-state index contributed by atoms with van der Waals surface area (Å²) in [5.41, 5.74) is 1.20. The average Bonchev–Trinajstić information content (AvgIpc) is 3.34. The lowest BCUT2D eigenvalue weighted by molar-refractivity contribution is 0.199. The van der Waals surface area contributed by atoms with Crippen molar-refractivity contribution in [3.8, 4) is 0 Å². The van der Waals surface area contributed by atoms with Gasteiger partial charge in [0, 0.05) is 51.0 Å². The van der Waals surface area contributed by atoms with E-state index in [1.54, 1.807) is 30.7 Å². The zero-order valence-electron chi connectivity index (χ0n) is 15.8. The van der Waals surface area contributed by atoms with Gasteiger partial charge in [-0.05, 0) is 12.0 Å². The summed E-state index contributed by atoms with van der Waals surface area (Å²) in [5, 5.41) is 3.09. The van der Waals surface area contributed by atoms with Gasteiger partial charge in [0.05, 0.1) is 12.9 Å². The van der Waals surface area contributed by atoms with Crippen molar-refractivity contribution in [2.24, 2.45) is 0 Å². The van der Waals surface area contributed by atoms with Crippen LogP contribution in [-0.2, 0) is 19.6 Å². The Labute approximate surface area is 159 Å². The third-order valence-electron chi connectivity index (χ3n) is 4.53. The summed E-state index contributed by atoms with van der Waals surface area (Å²) in [6.07, 6.45) is 9.98. The number of carbonyl (C=O) groups is 1. The van der Waals surface area contributed by atoms with Gasteiger partial charge in [0.1, 0.15) is 5.82 Å². The molecule has 1 N–H and O–H groups in total. The molecule has 142 valence electrons. The van der Waals surface area contributed by atoms with E-state index in [2.05, 4.69) is 38.9 Å². The number of aromatic nitrogens is 4. The average molecular weight is 366 g/mol. The SMILES string of the molecule is CC[C@@H](Cn1ccnc1)NC(=O)N(C)Cc1nccn1Cc1ccccc1. The molecule has 3 aromatic rings. The minimum absolute atomic E-state index is 0.0539. The Morgan fingerprint density at radius 3 is 2.74 bits per heavy atom. The summed E-state index contributed by atoms with van der Waals surface area (Å²) in [5.74, 6) is 0.860. The molecular weight excluding hydrogens is 340 g/mol. The van der Waals surface area contributed by atoms with Crippen molar-refractivity contribution >= 4 is 6.03 Å². The molecule has 0 aliphatic rings. The van der Waals surface area contributed by atoms with Gasteiger partial charge in [0.15, 0.2) is 0 Å². The molecule has 0 fully saturated rings. The van der Waals surface area contributed by atoms with Crippen molar-refractivity contribution in [3.05, 3.63) is 72.8 Å². The minimum Gasteiger partial charge on any atom is -0.335 e. The summed E-state index contributed by atoms with van der Waals surface area (Å²) < 4.78 is 4.04. The van der Waals surface area contributed by atoms with Crippen LogP contribution in [0.15, 0.2) is 61.4 Å². The van der Waals surface area contributed by atoms with Crippen molar-refractivity contribution < 1.29 is 4.79 Å². The molecular formula is C20H26N6O. The molecule has 1 aromatic carbocycles. The molecule has 2 heterocycles. The van der Waals surface area contributed by atoms with Crippen LogP contribution in [0.2, 0.25) is 0 Å². The quantitative estimate of drug-likeness (QED) is 0.666. The Morgan fingerprint density at radius 1 is 1.22 bits per heavy atom. The Morgan fingerprint density at radius 2 is 2.04 bits per heavy atom. The molecule has 1 atom stereocenters. The van der Waals surface area contributed by atoms with Crippen LogP contribution in [0.1, 0.15) is 24.7 Å². The zero-order valence-corrected chi connectivity index (χ0v) is 15.8. The van der Waals surface area contributed by atoms with Gasteiger partial charge in [-0.1, -0.05) is 37.3 Å². The maximum atomic E-state index is 12.6. The number of rotatable bonds is 8. The second kappa shape index (κ2) is 9.02. The van der Waals surface area contributed by atoms with Crippen LogP contribution < -0.4 is 5.32 Å². The molecule has 0 saturated carbocycles. The number of hydrogen-bond acceptors (Lipinski definition) is 3. The second-order valence-corrected chi connectivity index (χ2v) is 6.63.